The van der Waals surface area contributed by atoms with Crippen molar-refractivity contribution in [2.75, 3.05) is 4.90 Å². The second-order valence-electron chi connectivity index (χ2n) is 6.28. The van der Waals surface area contributed by atoms with E-state index in [0.29, 0.717) is 10.6 Å². The molecule has 27 heavy (non-hydrogen) atoms. The molecular formula is C19H12Cl2N2O4. The molecule has 2 heterocycles. The van der Waals surface area contributed by atoms with Crippen molar-refractivity contribution in [1.29, 1.82) is 0 Å². The molecule has 8 heteroatoms. The fraction of sp³-hybridized carbons (Fsp3) is 0.158. The Morgan fingerprint density at radius 2 is 1.78 bits per heavy atom. The smallest absolute Gasteiger partial charge is 0.279 e. The third kappa shape index (κ3) is 2.81. The van der Waals surface area contributed by atoms with Gasteiger partial charge < -0.3 is 4.84 Å². The molecule has 0 aliphatic carbocycles. The van der Waals surface area contributed by atoms with E-state index in [2.05, 4.69) is 5.16 Å². The molecule has 0 saturated carbocycles. The van der Waals surface area contributed by atoms with Crippen molar-refractivity contribution in [3.8, 4) is 0 Å². The fourth-order valence-corrected chi connectivity index (χ4v) is 3.48. The summed E-state index contributed by atoms with van der Waals surface area (Å²) in [6.07, 6.45) is -1.18. The minimum Gasteiger partial charge on any atom is -0.381 e. The molecule has 136 valence electrons. The van der Waals surface area contributed by atoms with E-state index in [0.717, 1.165) is 10.5 Å². The normalized spacial score (nSPS) is 21.1. The number of Topliss-reactive ketones (excluding diaryl/α,β-unsaturated/α-hetero) is 1. The number of ketones is 1. The number of amides is 2. The van der Waals surface area contributed by atoms with Gasteiger partial charge in [0.1, 0.15) is 11.6 Å². The number of oxime groups is 1. The number of anilines is 1. The number of halogens is 2. The highest BCUT2D eigenvalue weighted by Crippen LogP contribution is 2.38. The zero-order valence-electron chi connectivity index (χ0n) is 14.0. The number of nitrogens with zero attached hydrogens (tertiary/aromatic N) is 2. The van der Waals surface area contributed by atoms with Gasteiger partial charge in [-0.25, -0.2) is 4.90 Å². The van der Waals surface area contributed by atoms with Crippen LogP contribution >= 0.6 is 23.2 Å². The summed E-state index contributed by atoms with van der Waals surface area (Å²) < 4.78 is 0. The van der Waals surface area contributed by atoms with Gasteiger partial charge >= 0.3 is 0 Å². The largest absolute Gasteiger partial charge is 0.381 e. The number of imide groups is 1. The molecule has 2 unspecified atom stereocenters. The molecule has 2 aliphatic rings. The van der Waals surface area contributed by atoms with E-state index in [-0.39, 0.29) is 16.4 Å². The summed E-state index contributed by atoms with van der Waals surface area (Å²) >= 11 is 12.1. The molecule has 0 radical (unpaired) electrons. The number of carbonyl (C=O) groups is 3. The maximum absolute atomic E-state index is 13.0. The zero-order valence-corrected chi connectivity index (χ0v) is 15.5. The predicted octanol–water partition coefficient (Wildman–Crippen LogP) is 3.43. The Balaban J connectivity index is 1.69. The van der Waals surface area contributed by atoms with Crippen molar-refractivity contribution in [1.82, 2.24) is 0 Å². The highest BCUT2D eigenvalue weighted by atomic mass is 35.5. The Kier molecular flexibility index (Phi) is 4.25. The van der Waals surface area contributed by atoms with Crippen molar-refractivity contribution in [2.24, 2.45) is 11.1 Å². The number of rotatable bonds is 3. The minimum atomic E-state index is -1.18. The second kappa shape index (κ2) is 6.48. The van der Waals surface area contributed by atoms with Crippen molar-refractivity contribution in [2.45, 2.75) is 13.0 Å². The molecule has 0 spiro atoms. The third-order valence-corrected chi connectivity index (χ3v) is 5.06. The van der Waals surface area contributed by atoms with Gasteiger partial charge in [-0.05, 0) is 25.1 Å². The van der Waals surface area contributed by atoms with Crippen LogP contribution in [-0.4, -0.2) is 29.4 Å². The van der Waals surface area contributed by atoms with E-state index in [1.54, 1.807) is 30.3 Å². The number of benzene rings is 2. The predicted molar refractivity (Wildman–Crippen MR) is 100 cm³/mol. The van der Waals surface area contributed by atoms with Gasteiger partial charge in [-0.2, -0.15) is 0 Å². The van der Waals surface area contributed by atoms with Crippen LogP contribution in [0.4, 0.5) is 5.69 Å². The monoisotopic (exact) mass is 402 g/mol. The molecule has 1 fully saturated rings. The third-order valence-electron chi connectivity index (χ3n) is 4.51. The Morgan fingerprint density at radius 3 is 2.48 bits per heavy atom. The summed E-state index contributed by atoms with van der Waals surface area (Å²) in [5, 5.41) is 4.23. The Labute approximate surface area is 164 Å². The summed E-state index contributed by atoms with van der Waals surface area (Å²) in [7, 11) is 0. The van der Waals surface area contributed by atoms with Crippen LogP contribution in [0.25, 0.3) is 0 Å². The second-order valence-corrected chi connectivity index (χ2v) is 7.13. The SMILES string of the molecule is Cc1ccc(C(=O)C2=NOC3C(=O)N(c4cc(Cl)ccc4Cl)C(=O)C23)cc1. The van der Waals surface area contributed by atoms with Crippen LogP contribution in [0.15, 0.2) is 47.6 Å². The lowest BCUT2D eigenvalue weighted by molar-refractivity contribution is -0.126. The molecular weight excluding hydrogens is 391 g/mol. The van der Waals surface area contributed by atoms with Gasteiger partial charge in [0.05, 0.1) is 10.7 Å². The minimum absolute atomic E-state index is 0.0946. The maximum atomic E-state index is 13.0. The fourth-order valence-electron chi connectivity index (χ4n) is 3.11. The van der Waals surface area contributed by atoms with E-state index in [1.165, 1.54) is 12.1 Å². The molecule has 2 atom stereocenters. The lowest BCUT2D eigenvalue weighted by Gasteiger charge is -2.17. The number of aryl methyl sites for hydroxylation is 1. The first-order valence-electron chi connectivity index (χ1n) is 8.06. The molecule has 0 N–H and O–H groups in total. The lowest BCUT2D eigenvalue weighted by atomic mass is 9.93. The highest BCUT2D eigenvalue weighted by molar-refractivity contribution is 6.53. The molecule has 2 aromatic rings. The quantitative estimate of drug-likeness (QED) is 0.581. The summed E-state index contributed by atoms with van der Waals surface area (Å²) in [6, 6.07) is 11.3. The number of fused-ring (bicyclic) bond motifs is 1. The molecule has 1 saturated heterocycles. The van der Waals surface area contributed by atoms with Crippen LogP contribution in [0, 0.1) is 12.8 Å². The van der Waals surface area contributed by atoms with E-state index in [9.17, 15) is 14.4 Å². The molecule has 2 aliphatic heterocycles. The summed E-state index contributed by atoms with van der Waals surface area (Å²) in [6.45, 7) is 1.90. The summed E-state index contributed by atoms with van der Waals surface area (Å²) in [5.41, 5.74) is 1.41. The van der Waals surface area contributed by atoms with Crippen LogP contribution in [0.1, 0.15) is 15.9 Å². The molecule has 0 aromatic heterocycles. The first kappa shape index (κ1) is 17.7. The summed E-state index contributed by atoms with van der Waals surface area (Å²) in [4.78, 5) is 44.5. The van der Waals surface area contributed by atoms with Crippen molar-refractivity contribution in [3.63, 3.8) is 0 Å². The van der Waals surface area contributed by atoms with Crippen molar-refractivity contribution >= 4 is 52.2 Å². The van der Waals surface area contributed by atoms with E-state index in [4.69, 9.17) is 28.0 Å². The molecule has 2 amide bonds. The molecule has 2 aromatic carbocycles. The Morgan fingerprint density at radius 1 is 1.07 bits per heavy atom. The van der Waals surface area contributed by atoms with Gasteiger partial charge in [0.2, 0.25) is 17.8 Å². The number of carbonyl (C=O) groups excluding carboxylic acids is 3. The van der Waals surface area contributed by atoms with Gasteiger partial charge in [-0.15, -0.1) is 0 Å². The van der Waals surface area contributed by atoms with Crippen LogP contribution < -0.4 is 4.90 Å². The first-order chi connectivity index (χ1) is 12.9. The first-order valence-corrected chi connectivity index (χ1v) is 8.82. The average Bonchev–Trinajstić information content (AvgIpc) is 3.18. The number of hydrogen-bond donors (Lipinski definition) is 0. The molecule has 4 rings (SSSR count). The maximum Gasteiger partial charge on any atom is 0.279 e. The van der Waals surface area contributed by atoms with Crippen LogP contribution in [-0.2, 0) is 14.4 Å². The standard InChI is InChI=1S/C19H12Cl2N2O4/c1-9-2-4-10(5-3-9)16(24)15-14-17(27-22-15)19(26)23(18(14)25)13-8-11(20)6-7-12(13)21/h2-8,14,17H,1H3. The van der Waals surface area contributed by atoms with E-state index in [1.807, 2.05) is 6.92 Å². The number of hydrogen-bond acceptors (Lipinski definition) is 5. The van der Waals surface area contributed by atoms with E-state index >= 15 is 0 Å². The van der Waals surface area contributed by atoms with Gasteiger partial charge in [0.25, 0.3) is 5.91 Å². The highest BCUT2D eigenvalue weighted by Gasteiger charge is 2.57. The van der Waals surface area contributed by atoms with Crippen molar-refractivity contribution in [3.05, 3.63) is 63.6 Å². The topological polar surface area (TPSA) is 76.0 Å². The van der Waals surface area contributed by atoms with E-state index < -0.39 is 29.6 Å². The average molecular weight is 403 g/mol. The van der Waals surface area contributed by atoms with Gasteiger partial charge in [-0.3, -0.25) is 14.4 Å². The molecule has 0 bridgehead atoms. The van der Waals surface area contributed by atoms with Crippen LogP contribution in [0.2, 0.25) is 10.0 Å². The Hall–Kier alpha value is -2.70. The van der Waals surface area contributed by atoms with Gasteiger partial charge in [-0.1, -0.05) is 58.2 Å². The van der Waals surface area contributed by atoms with Crippen LogP contribution in [0.5, 0.6) is 0 Å². The van der Waals surface area contributed by atoms with Crippen LogP contribution in [0.3, 0.4) is 0 Å². The Bertz CT molecular complexity index is 1020. The summed E-state index contributed by atoms with van der Waals surface area (Å²) in [5.74, 6) is -2.82. The van der Waals surface area contributed by atoms with Crippen molar-refractivity contribution < 1.29 is 19.2 Å². The van der Waals surface area contributed by atoms with Gasteiger partial charge in [0.15, 0.2) is 0 Å². The zero-order chi connectivity index (χ0) is 19.3. The van der Waals surface area contributed by atoms with Gasteiger partial charge in [0, 0.05) is 10.6 Å². The lowest BCUT2D eigenvalue weighted by Crippen LogP contribution is -2.34. The molecule has 6 nitrogen and oxygen atoms in total.